The lowest BCUT2D eigenvalue weighted by Gasteiger charge is -2.38. The number of hydrogen-bond donors (Lipinski definition) is 4. The molecule has 0 amide bonds. The van der Waals surface area contributed by atoms with Crippen LogP contribution in [0.4, 0.5) is 10.4 Å². The van der Waals surface area contributed by atoms with Gasteiger partial charge in [-0.2, -0.15) is 5.10 Å². The maximum absolute atomic E-state index is 13.6. The summed E-state index contributed by atoms with van der Waals surface area (Å²) < 4.78 is 21.6. The fourth-order valence-corrected chi connectivity index (χ4v) is 5.59. The van der Waals surface area contributed by atoms with E-state index in [1.165, 1.54) is 6.20 Å². The molecule has 6 heterocycles. The first-order valence-corrected chi connectivity index (χ1v) is 13.0. The SMILES string of the molecule is CCn1cc([C@]2(c3nnc(NC)o3)N[C@@H](c3ncc(C4=NC=C(F)CC4)[nH]3)Cc3c2[nH]c2ccccc32)cn1. The Morgan fingerprint density at radius 3 is 2.85 bits per heavy atom. The van der Waals surface area contributed by atoms with Crippen LogP contribution in [0.15, 0.2) is 64.3 Å². The second-order valence-corrected chi connectivity index (χ2v) is 9.76. The van der Waals surface area contributed by atoms with Gasteiger partial charge < -0.3 is 19.7 Å². The summed E-state index contributed by atoms with van der Waals surface area (Å²) in [5.41, 5.74) is 4.44. The summed E-state index contributed by atoms with van der Waals surface area (Å²) in [7, 11) is 1.74. The average Bonchev–Trinajstić information content (AvgIpc) is 3.78. The van der Waals surface area contributed by atoms with Crippen molar-refractivity contribution in [2.24, 2.45) is 4.99 Å². The molecule has 0 bridgehead atoms. The van der Waals surface area contributed by atoms with E-state index in [-0.39, 0.29) is 11.9 Å². The van der Waals surface area contributed by atoms with E-state index in [2.05, 4.69) is 53.0 Å². The van der Waals surface area contributed by atoms with Gasteiger partial charge in [0.15, 0.2) is 5.54 Å². The van der Waals surface area contributed by atoms with Crippen LogP contribution in [0.25, 0.3) is 10.9 Å². The van der Waals surface area contributed by atoms with Gasteiger partial charge in [0.1, 0.15) is 11.7 Å². The van der Waals surface area contributed by atoms with Gasteiger partial charge in [-0.15, -0.1) is 5.10 Å². The van der Waals surface area contributed by atoms with Gasteiger partial charge in [-0.3, -0.25) is 15.0 Å². The Labute approximate surface area is 222 Å². The fraction of sp³-hybridized carbons (Fsp3) is 0.296. The van der Waals surface area contributed by atoms with Gasteiger partial charge in [-0.1, -0.05) is 23.3 Å². The standard InChI is InChI=1S/C27H27FN10O/c1-3-38-14-15(11-32-38)27(25-36-37-26(29-2)39-25)23-18(17-6-4-5-7-19(17)33-23)10-21(35-27)24-31-13-22(34-24)20-9-8-16(28)12-30-20/h4-7,11-14,21,33,35H,3,8-10H2,1-2H3,(H,29,37)(H,31,34)/t21-,27+/m1/s1. The molecular weight excluding hydrogens is 499 g/mol. The number of rotatable bonds is 6. The van der Waals surface area contributed by atoms with E-state index in [1.807, 2.05) is 36.1 Å². The van der Waals surface area contributed by atoms with Crippen molar-refractivity contribution in [3.63, 3.8) is 0 Å². The predicted molar refractivity (Wildman–Crippen MR) is 143 cm³/mol. The number of nitrogens with zero attached hydrogens (tertiary/aromatic N) is 6. The first kappa shape index (κ1) is 23.5. The third kappa shape index (κ3) is 3.70. The first-order chi connectivity index (χ1) is 19.1. The molecule has 0 spiro atoms. The van der Waals surface area contributed by atoms with Crippen LogP contribution in [0.5, 0.6) is 0 Å². The number of imidazole rings is 1. The molecule has 4 aromatic heterocycles. The van der Waals surface area contributed by atoms with Crippen LogP contribution < -0.4 is 10.6 Å². The number of nitrogens with one attached hydrogen (secondary N) is 4. The number of H-pyrrole nitrogens is 2. The zero-order chi connectivity index (χ0) is 26.6. The number of anilines is 1. The predicted octanol–water partition coefficient (Wildman–Crippen LogP) is 4.10. The molecule has 0 unspecified atom stereocenters. The molecule has 4 N–H and O–H groups in total. The van der Waals surface area contributed by atoms with Crippen LogP contribution in [0.2, 0.25) is 0 Å². The van der Waals surface area contributed by atoms with Gasteiger partial charge in [0.2, 0.25) is 5.89 Å². The smallest absolute Gasteiger partial charge is 0.315 e. The Kier molecular flexibility index (Phi) is 5.44. The minimum absolute atomic E-state index is 0.211. The van der Waals surface area contributed by atoms with E-state index < -0.39 is 5.54 Å². The number of allylic oxidation sites excluding steroid dienone is 1. The molecule has 2 aliphatic rings. The lowest BCUT2D eigenvalue weighted by Crippen LogP contribution is -2.51. The molecule has 2 atom stereocenters. The highest BCUT2D eigenvalue weighted by atomic mass is 19.1. The largest absolute Gasteiger partial charge is 0.405 e. The Morgan fingerprint density at radius 2 is 2.08 bits per heavy atom. The number of aromatic nitrogens is 7. The molecule has 5 aromatic rings. The Balaban J connectivity index is 1.43. The van der Waals surface area contributed by atoms with Gasteiger partial charge in [0, 0.05) is 42.7 Å². The minimum Gasteiger partial charge on any atom is -0.405 e. The molecule has 12 heteroatoms. The van der Waals surface area contributed by atoms with Gasteiger partial charge in [-0.25, -0.2) is 9.37 Å². The summed E-state index contributed by atoms with van der Waals surface area (Å²) in [4.78, 5) is 16.1. The Bertz CT molecular complexity index is 1700. The maximum Gasteiger partial charge on any atom is 0.315 e. The Morgan fingerprint density at radius 1 is 1.18 bits per heavy atom. The highest BCUT2D eigenvalue weighted by Gasteiger charge is 2.51. The van der Waals surface area contributed by atoms with Crippen LogP contribution in [-0.2, 0) is 18.5 Å². The van der Waals surface area contributed by atoms with Crippen molar-refractivity contribution in [2.45, 2.75) is 44.3 Å². The van der Waals surface area contributed by atoms with E-state index in [4.69, 9.17) is 9.40 Å². The lowest BCUT2D eigenvalue weighted by molar-refractivity contribution is 0.292. The summed E-state index contributed by atoms with van der Waals surface area (Å²) in [5, 5.41) is 21.2. The molecule has 0 saturated heterocycles. The monoisotopic (exact) mass is 526 g/mol. The summed E-state index contributed by atoms with van der Waals surface area (Å²) in [5.74, 6) is 0.903. The Hall–Kier alpha value is -4.58. The van der Waals surface area contributed by atoms with Gasteiger partial charge in [0.05, 0.1) is 41.7 Å². The van der Waals surface area contributed by atoms with Gasteiger partial charge in [0.25, 0.3) is 0 Å². The summed E-state index contributed by atoms with van der Waals surface area (Å²) in [6, 6.07) is 8.29. The molecule has 198 valence electrons. The van der Waals surface area contributed by atoms with E-state index in [9.17, 15) is 4.39 Å². The number of para-hydroxylation sites is 1. The average molecular weight is 527 g/mol. The summed E-state index contributed by atoms with van der Waals surface area (Å²) in [6.07, 6.45) is 8.39. The molecule has 0 radical (unpaired) electrons. The van der Waals surface area contributed by atoms with E-state index in [0.717, 1.165) is 45.0 Å². The minimum atomic E-state index is -1.03. The van der Waals surface area contributed by atoms with Crippen LogP contribution >= 0.6 is 0 Å². The molecule has 11 nitrogen and oxygen atoms in total. The van der Waals surface area contributed by atoms with Crippen LogP contribution in [0.3, 0.4) is 0 Å². The van der Waals surface area contributed by atoms with E-state index >= 15 is 0 Å². The van der Waals surface area contributed by atoms with Gasteiger partial charge >= 0.3 is 6.01 Å². The molecule has 0 aliphatic carbocycles. The zero-order valence-corrected chi connectivity index (χ0v) is 21.5. The molecule has 1 aromatic carbocycles. The first-order valence-electron chi connectivity index (χ1n) is 13.0. The number of aromatic amines is 2. The second kappa shape index (κ2) is 9.02. The maximum atomic E-state index is 13.6. The third-order valence-corrected chi connectivity index (χ3v) is 7.54. The van der Waals surface area contributed by atoms with Crippen molar-refractivity contribution >= 4 is 22.6 Å². The number of halogens is 1. The number of aliphatic imine (C=N–C) groups is 1. The van der Waals surface area contributed by atoms with E-state index in [1.54, 1.807) is 13.2 Å². The number of fused-ring (bicyclic) bond motifs is 3. The highest BCUT2D eigenvalue weighted by molar-refractivity contribution is 5.99. The van der Waals surface area contributed by atoms with Crippen molar-refractivity contribution in [1.82, 2.24) is 40.2 Å². The zero-order valence-electron chi connectivity index (χ0n) is 21.5. The van der Waals surface area contributed by atoms with Gasteiger partial charge in [-0.05, 0) is 31.4 Å². The van der Waals surface area contributed by atoms with Crippen molar-refractivity contribution < 1.29 is 8.81 Å². The number of benzene rings is 1. The third-order valence-electron chi connectivity index (χ3n) is 7.54. The van der Waals surface area contributed by atoms with Crippen molar-refractivity contribution in [1.29, 1.82) is 0 Å². The van der Waals surface area contributed by atoms with Crippen molar-refractivity contribution in [3.8, 4) is 0 Å². The summed E-state index contributed by atoms with van der Waals surface area (Å²) in [6.45, 7) is 2.75. The van der Waals surface area contributed by atoms with Crippen molar-refractivity contribution in [2.75, 3.05) is 12.4 Å². The van der Waals surface area contributed by atoms with Crippen LogP contribution in [0, 0.1) is 0 Å². The molecule has 7 rings (SSSR count). The highest BCUT2D eigenvalue weighted by Crippen LogP contribution is 2.46. The molecular formula is C27H27FN10O. The normalized spacial score (nSPS) is 21.1. The lowest BCUT2D eigenvalue weighted by atomic mass is 9.79. The van der Waals surface area contributed by atoms with Crippen LogP contribution in [0.1, 0.15) is 60.0 Å². The molecule has 2 aliphatic heterocycles. The molecule has 0 saturated carbocycles. The number of hydrogen-bond acceptors (Lipinski definition) is 8. The van der Waals surface area contributed by atoms with Crippen molar-refractivity contribution in [3.05, 3.63) is 89.1 Å². The quantitative estimate of drug-likeness (QED) is 0.261. The fourth-order valence-electron chi connectivity index (χ4n) is 5.59. The molecule has 39 heavy (non-hydrogen) atoms. The summed E-state index contributed by atoms with van der Waals surface area (Å²) >= 11 is 0. The van der Waals surface area contributed by atoms with Crippen LogP contribution in [-0.4, -0.2) is 47.7 Å². The molecule has 0 fully saturated rings. The number of aryl methyl sites for hydroxylation is 1. The second-order valence-electron chi connectivity index (χ2n) is 9.76. The topological polar surface area (TPSA) is 138 Å². The van der Waals surface area contributed by atoms with E-state index in [0.29, 0.717) is 37.7 Å².